The van der Waals surface area contributed by atoms with Gasteiger partial charge in [0, 0.05) is 17.4 Å². The molecule has 0 aromatic heterocycles. The summed E-state index contributed by atoms with van der Waals surface area (Å²) in [6.45, 7) is 0.251. The lowest BCUT2D eigenvalue weighted by Gasteiger charge is -2.16. The predicted octanol–water partition coefficient (Wildman–Crippen LogP) is 2.41. The molecule has 0 unspecified atom stereocenters. The molecule has 2 rings (SSSR count). The molecule has 1 aliphatic rings. The van der Waals surface area contributed by atoms with Crippen LogP contribution in [0, 0.1) is 0 Å². The molecule has 1 heterocycles. The van der Waals surface area contributed by atoms with Crippen LogP contribution in [0.1, 0.15) is 12.8 Å². The van der Waals surface area contributed by atoms with E-state index in [9.17, 15) is 13.2 Å². The standard InChI is InChI=1S/C10H9BrClNO3S/c11-8-6-7(3-4-9(8)12)17(15,16)13-5-1-2-10(13)14/h3-4,6H,1-2,5H2. The SMILES string of the molecule is O=C1CCCN1S(=O)(=O)c1ccc(Cl)c(Br)c1. The van der Waals surface area contributed by atoms with E-state index in [0.717, 1.165) is 4.31 Å². The van der Waals surface area contributed by atoms with Crippen LogP contribution in [0.3, 0.4) is 0 Å². The lowest BCUT2D eigenvalue weighted by atomic mass is 10.4. The molecule has 1 saturated heterocycles. The Hall–Kier alpha value is -0.590. The van der Waals surface area contributed by atoms with Gasteiger partial charge in [0.15, 0.2) is 0 Å². The zero-order valence-corrected chi connectivity index (χ0v) is 11.8. The predicted molar refractivity (Wildman–Crippen MR) is 67.3 cm³/mol. The number of hydrogen-bond acceptors (Lipinski definition) is 3. The number of benzene rings is 1. The third kappa shape index (κ3) is 2.34. The molecule has 4 nitrogen and oxygen atoms in total. The molecule has 1 aromatic rings. The minimum atomic E-state index is -3.73. The number of carbonyl (C=O) groups is 1. The van der Waals surface area contributed by atoms with Crippen LogP contribution in [-0.4, -0.2) is 25.2 Å². The van der Waals surface area contributed by atoms with Crippen molar-refractivity contribution in [2.24, 2.45) is 0 Å². The average molecular weight is 339 g/mol. The van der Waals surface area contributed by atoms with Crippen molar-refractivity contribution in [2.75, 3.05) is 6.54 Å². The molecule has 1 aliphatic heterocycles. The van der Waals surface area contributed by atoms with Gasteiger partial charge in [-0.2, -0.15) is 0 Å². The maximum absolute atomic E-state index is 12.1. The van der Waals surface area contributed by atoms with E-state index in [4.69, 9.17) is 11.6 Å². The van der Waals surface area contributed by atoms with E-state index in [2.05, 4.69) is 15.9 Å². The fourth-order valence-electron chi connectivity index (χ4n) is 1.64. The Kier molecular flexibility index (Phi) is 3.47. The summed E-state index contributed by atoms with van der Waals surface area (Å²) in [5, 5.41) is 0.427. The fourth-order valence-corrected chi connectivity index (χ4v) is 3.78. The Morgan fingerprint density at radius 3 is 2.59 bits per heavy atom. The van der Waals surface area contributed by atoms with Crippen LogP contribution in [0.4, 0.5) is 0 Å². The topological polar surface area (TPSA) is 54.5 Å². The molecule has 1 fully saturated rings. The zero-order valence-electron chi connectivity index (χ0n) is 8.69. The van der Waals surface area contributed by atoms with Crippen LogP contribution in [0.25, 0.3) is 0 Å². The molecule has 0 N–H and O–H groups in total. The van der Waals surface area contributed by atoms with E-state index in [1.165, 1.54) is 18.2 Å². The Bertz CT molecular complexity index is 573. The van der Waals surface area contributed by atoms with Crippen LogP contribution in [-0.2, 0) is 14.8 Å². The molecule has 92 valence electrons. The van der Waals surface area contributed by atoms with Gasteiger partial charge in [0.2, 0.25) is 5.91 Å². The number of carbonyl (C=O) groups excluding carboxylic acids is 1. The lowest BCUT2D eigenvalue weighted by Crippen LogP contribution is -2.31. The minimum Gasteiger partial charge on any atom is -0.274 e. The summed E-state index contributed by atoms with van der Waals surface area (Å²) >= 11 is 8.96. The van der Waals surface area contributed by atoms with Gasteiger partial charge in [0.05, 0.1) is 9.92 Å². The molecule has 0 spiro atoms. The highest BCUT2D eigenvalue weighted by Crippen LogP contribution is 2.28. The van der Waals surface area contributed by atoms with Crippen molar-refractivity contribution in [3.8, 4) is 0 Å². The van der Waals surface area contributed by atoms with E-state index in [1.54, 1.807) is 0 Å². The molecular weight excluding hydrogens is 330 g/mol. The van der Waals surface area contributed by atoms with Gasteiger partial charge < -0.3 is 0 Å². The molecule has 17 heavy (non-hydrogen) atoms. The summed E-state index contributed by atoms with van der Waals surface area (Å²) < 4.78 is 25.7. The van der Waals surface area contributed by atoms with Crippen LogP contribution in [0.2, 0.25) is 5.02 Å². The van der Waals surface area contributed by atoms with Gasteiger partial charge in [-0.15, -0.1) is 0 Å². The second kappa shape index (κ2) is 4.59. The maximum atomic E-state index is 12.1. The second-order valence-electron chi connectivity index (χ2n) is 3.65. The first-order chi connectivity index (χ1) is 7.93. The summed E-state index contributed by atoms with van der Waals surface area (Å²) in [5.41, 5.74) is 0. The summed E-state index contributed by atoms with van der Waals surface area (Å²) in [6.07, 6.45) is 0.862. The quantitative estimate of drug-likeness (QED) is 0.832. The number of nitrogens with zero attached hydrogens (tertiary/aromatic N) is 1. The highest BCUT2D eigenvalue weighted by molar-refractivity contribution is 9.10. The zero-order chi connectivity index (χ0) is 12.6. The van der Waals surface area contributed by atoms with Gasteiger partial charge in [-0.25, -0.2) is 12.7 Å². The summed E-state index contributed by atoms with van der Waals surface area (Å²) in [7, 11) is -3.73. The molecule has 1 aromatic carbocycles. The van der Waals surface area contributed by atoms with E-state index in [-0.39, 0.29) is 23.8 Å². The Balaban J connectivity index is 2.44. The monoisotopic (exact) mass is 337 g/mol. The van der Waals surface area contributed by atoms with E-state index < -0.39 is 10.0 Å². The van der Waals surface area contributed by atoms with Crippen LogP contribution < -0.4 is 0 Å². The third-order valence-corrected chi connectivity index (χ3v) is 5.54. The lowest BCUT2D eigenvalue weighted by molar-refractivity contribution is -0.123. The number of hydrogen-bond donors (Lipinski definition) is 0. The first-order valence-electron chi connectivity index (χ1n) is 4.93. The number of sulfonamides is 1. The highest BCUT2D eigenvalue weighted by atomic mass is 79.9. The normalized spacial score (nSPS) is 16.6. The van der Waals surface area contributed by atoms with Gasteiger partial charge >= 0.3 is 0 Å². The molecule has 0 radical (unpaired) electrons. The van der Waals surface area contributed by atoms with E-state index in [0.29, 0.717) is 15.9 Å². The minimum absolute atomic E-state index is 0.0732. The van der Waals surface area contributed by atoms with Crippen molar-refractivity contribution in [3.63, 3.8) is 0 Å². The molecular formula is C10H9BrClNO3S. The van der Waals surface area contributed by atoms with Crippen LogP contribution in [0.15, 0.2) is 27.6 Å². The van der Waals surface area contributed by atoms with Crippen molar-refractivity contribution in [1.82, 2.24) is 4.31 Å². The molecule has 0 saturated carbocycles. The largest absolute Gasteiger partial charge is 0.274 e. The first-order valence-corrected chi connectivity index (χ1v) is 7.54. The molecule has 0 bridgehead atoms. The Morgan fingerprint density at radius 2 is 2.06 bits per heavy atom. The maximum Gasteiger partial charge on any atom is 0.266 e. The first kappa shape index (κ1) is 12.9. The van der Waals surface area contributed by atoms with Gasteiger partial charge in [0.25, 0.3) is 10.0 Å². The molecule has 0 atom stereocenters. The highest BCUT2D eigenvalue weighted by Gasteiger charge is 2.32. The summed E-state index contributed by atoms with van der Waals surface area (Å²) in [5.74, 6) is -0.351. The van der Waals surface area contributed by atoms with Crippen LogP contribution in [0.5, 0.6) is 0 Å². The summed E-state index contributed by atoms with van der Waals surface area (Å²) in [6, 6.07) is 4.29. The van der Waals surface area contributed by atoms with Crippen molar-refractivity contribution >= 4 is 43.5 Å². The van der Waals surface area contributed by atoms with Gasteiger partial charge in [0.1, 0.15) is 0 Å². The Morgan fingerprint density at radius 1 is 1.35 bits per heavy atom. The van der Waals surface area contributed by atoms with Crippen molar-refractivity contribution in [2.45, 2.75) is 17.7 Å². The Labute approximate surface area is 113 Å². The second-order valence-corrected chi connectivity index (χ2v) is 6.77. The van der Waals surface area contributed by atoms with E-state index in [1.807, 2.05) is 0 Å². The third-order valence-electron chi connectivity index (χ3n) is 2.51. The number of halogens is 2. The smallest absolute Gasteiger partial charge is 0.266 e. The van der Waals surface area contributed by atoms with Gasteiger partial charge in [-0.1, -0.05) is 11.6 Å². The van der Waals surface area contributed by atoms with Crippen LogP contribution >= 0.6 is 27.5 Å². The van der Waals surface area contributed by atoms with Gasteiger partial charge in [-0.3, -0.25) is 4.79 Å². The van der Waals surface area contributed by atoms with Crippen molar-refractivity contribution in [1.29, 1.82) is 0 Å². The fraction of sp³-hybridized carbons (Fsp3) is 0.300. The van der Waals surface area contributed by atoms with E-state index >= 15 is 0 Å². The van der Waals surface area contributed by atoms with Crippen molar-refractivity contribution < 1.29 is 13.2 Å². The molecule has 0 aliphatic carbocycles. The summed E-state index contributed by atoms with van der Waals surface area (Å²) in [4.78, 5) is 11.5. The van der Waals surface area contributed by atoms with Crippen molar-refractivity contribution in [3.05, 3.63) is 27.7 Å². The molecule has 1 amide bonds. The number of amides is 1. The molecule has 7 heteroatoms. The average Bonchev–Trinajstić information content (AvgIpc) is 2.69. The number of rotatable bonds is 2. The van der Waals surface area contributed by atoms with Gasteiger partial charge in [-0.05, 0) is 40.5 Å².